The van der Waals surface area contributed by atoms with Gasteiger partial charge in [0.05, 0.1) is 0 Å². The number of benzene rings is 1. The summed E-state index contributed by atoms with van der Waals surface area (Å²) in [6.45, 7) is 0.844. The minimum atomic E-state index is 0.196. The van der Waals surface area contributed by atoms with Gasteiger partial charge in [-0.1, -0.05) is 6.07 Å². The second kappa shape index (κ2) is 2.68. The van der Waals surface area contributed by atoms with Gasteiger partial charge < -0.3 is 16.8 Å². The molecule has 0 saturated carbocycles. The van der Waals surface area contributed by atoms with Crippen LogP contribution in [0.25, 0.3) is 0 Å². The Morgan fingerprint density at radius 1 is 1.42 bits per heavy atom. The third-order valence-corrected chi connectivity index (χ3v) is 2.23. The Balaban J connectivity index is 2.43. The van der Waals surface area contributed by atoms with Crippen molar-refractivity contribution in [2.24, 2.45) is 5.73 Å². The van der Waals surface area contributed by atoms with Gasteiger partial charge in [-0.15, -0.1) is 0 Å². The molecule has 1 aromatic carbocycles. The predicted molar refractivity (Wildman–Crippen MR) is 51.0 cm³/mol. The number of nitrogen functional groups attached to an aromatic ring is 1. The summed E-state index contributed by atoms with van der Waals surface area (Å²) in [5.74, 6) is 0. The quantitative estimate of drug-likeness (QED) is 0.490. The molecule has 0 radical (unpaired) electrons. The van der Waals surface area contributed by atoms with Crippen LogP contribution in [0, 0.1) is 0 Å². The molecule has 5 N–H and O–H groups in total. The zero-order valence-electron chi connectivity index (χ0n) is 6.88. The predicted octanol–water partition coefficient (Wildman–Crippen LogP) is 0.564. The number of nitrogens with one attached hydrogen (secondary N) is 1. The zero-order chi connectivity index (χ0) is 8.55. The van der Waals surface area contributed by atoms with E-state index in [4.69, 9.17) is 11.5 Å². The van der Waals surface area contributed by atoms with Gasteiger partial charge in [0.15, 0.2) is 0 Å². The number of anilines is 2. The molecule has 3 nitrogen and oxygen atoms in total. The van der Waals surface area contributed by atoms with Crippen LogP contribution >= 0.6 is 0 Å². The fourth-order valence-corrected chi connectivity index (χ4v) is 1.57. The number of rotatable bonds is 0. The molecule has 0 fully saturated rings. The maximum absolute atomic E-state index is 5.81. The largest absolute Gasteiger partial charge is 0.398 e. The first-order valence-electron chi connectivity index (χ1n) is 4.14. The molecule has 1 aliphatic rings. The third kappa shape index (κ3) is 1.12. The standard InChI is InChI=1S/C9H13N3/c10-6-4-7-8(11)2-1-3-9(7)12-5-6/h1-3,6,12H,4-5,10-11H2/t6-/m0/s1. The number of fused-ring (bicyclic) bond motifs is 1. The maximum Gasteiger partial charge on any atom is 0.0394 e. The minimum Gasteiger partial charge on any atom is -0.398 e. The molecule has 0 unspecified atom stereocenters. The van der Waals surface area contributed by atoms with Crippen molar-refractivity contribution in [1.29, 1.82) is 0 Å². The van der Waals surface area contributed by atoms with Gasteiger partial charge >= 0.3 is 0 Å². The van der Waals surface area contributed by atoms with Crippen molar-refractivity contribution in [3.63, 3.8) is 0 Å². The molecule has 0 aromatic heterocycles. The van der Waals surface area contributed by atoms with E-state index in [0.717, 1.165) is 29.9 Å². The molecule has 1 heterocycles. The van der Waals surface area contributed by atoms with Crippen LogP contribution in [-0.4, -0.2) is 12.6 Å². The van der Waals surface area contributed by atoms with Crippen LogP contribution in [0.2, 0.25) is 0 Å². The normalized spacial score (nSPS) is 21.2. The average molecular weight is 163 g/mol. The first-order valence-corrected chi connectivity index (χ1v) is 4.14. The van der Waals surface area contributed by atoms with Crippen LogP contribution in [0.5, 0.6) is 0 Å². The van der Waals surface area contributed by atoms with Gasteiger partial charge in [-0.25, -0.2) is 0 Å². The lowest BCUT2D eigenvalue weighted by atomic mass is 9.99. The molecule has 1 aliphatic heterocycles. The van der Waals surface area contributed by atoms with Crippen molar-refractivity contribution in [2.45, 2.75) is 12.5 Å². The fraction of sp³-hybridized carbons (Fsp3) is 0.333. The van der Waals surface area contributed by atoms with Crippen LogP contribution in [0.15, 0.2) is 18.2 Å². The fourth-order valence-electron chi connectivity index (χ4n) is 1.57. The van der Waals surface area contributed by atoms with Crippen LogP contribution in [0.4, 0.5) is 11.4 Å². The van der Waals surface area contributed by atoms with E-state index in [0.29, 0.717) is 0 Å². The van der Waals surface area contributed by atoms with E-state index in [1.54, 1.807) is 0 Å². The topological polar surface area (TPSA) is 64.1 Å². The van der Waals surface area contributed by atoms with E-state index in [1.807, 2.05) is 18.2 Å². The molecule has 0 amide bonds. The summed E-state index contributed by atoms with van der Waals surface area (Å²) in [6, 6.07) is 6.11. The highest BCUT2D eigenvalue weighted by Gasteiger charge is 2.15. The molecule has 0 bridgehead atoms. The SMILES string of the molecule is Nc1cccc2c1C[C@H](N)CN2. The summed E-state index contributed by atoms with van der Waals surface area (Å²) in [4.78, 5) is 0. The Bertz CT molecular complexity index is 296. The highest BCUT2D eigenvalue weighted by molar-refractivity contribution is 5.65. The van der Waals surface area contributed by atoms with Gasteiger partial charge in [0.2, 0.25) is 0 Å². The van der Waals surface area contributed by atoms with Gasteiger partial charge in [-0.2, -0.15) is 0 Å². The highest BCUT2D eigenvalue weighted by atomic mass is 14.9. The van der Waals surface area contributed by atoms with Crippen molar-refractivity contribution in [2.75, 3.05) is 17.6 Å². The van der Waals surface area contributed by atoms with Gasteiger partial charge in [-0.3, -0.25) is 0 Å². The Morgan fingerprint density at radius 2 is 2.25 bits per heavy atom. The lowest BCUT2D eigenvalue weighted by Crippen LogP contribution is -2.35. The zero-order valence-corrected chi connectivity index (χ0v) is 6.88. The van der Waals surface area contributed by atoms with Crippen LogP contribution in [0.3, 0.4) is 0 Å². The Hall–Kier alpha value is -1.22. The molecule has 64 valence electrons. The van der Waals surface area contributed by atoms with Gasteiger partial charge in [0.1, 0.15) is 0 Å². The van der Waals surface area contributed by atoms with Crippen molar-refractivity contribution in [3.8, 4) is 0 Å². The molecule has 2 rings (SSSR count). The molecule has 1 atom stereocenters. The second-order valence-corrected chi connectivity index (χ2v) is 3.22. The van der Waals surface area contributed by atoms with Crippen molar-refractivity contribution in [3.05, 3.63) is 23.8 Å². The monoisotopic (exact) mass is 163 g/mol. The Labute approximate surface area is 71.8 Å². The number of hydrogen-bond donors (Lipinski definition) is 3. The van der Waals surface area contributed by atoms with Gasteiger partial charge in [0, 0.05) is 24.0 Å². The van der Waals surface area contributed by atoms with E-state index in [1.165, 1.54) is 0 Å². The smallest absolute Gasteiger partial charge is 0.0394 e. The van der Waals surface area contributed by atoms with Gasteiger partial charge in [-0.05, 0) is 24.1 Å². The number of nitrogens with two attached hydrogens (primary N) is 2. The molecule has 12 heavy (non-hydrogen) atoms. The molecule has 0 saturated heterocycles. The number of hydrogen-bond acceptors (Lipinski definition) is 3. The minimum absolute atomic E-state index is 0.196. The van der Waals surface area contributed by atoms with Crippen molar-refractivity contribution >= 4 is 11.4 Å². The van der Waals surface area contributed by atoms with Crippen LogP contribution in [0.1, 0.15) is 5.56 Å². The summed E-state index contributed by atoms with van der Waals surface area (Å²) in [6.07, 6.45) is 0.884. The van der Waals surface area contributed by atoms with E-state index in [2.05, 4.69) is 5.32 Å². The first-order chi connectivity index (χ1) is 5.77. The molecular weight excluding hydrogens is 150 g/mol. The Morgan fingerprint density at radius 3 is 3.08 bits per heavy atom. The lowest BCUT2D eigenvalue weighted by molar-refractivity contribution is 0.681. The molecule has 1 aromatic rings. The summed E-state index contributed by atoms with van der Waals surface area (Å²) in [5.41, 5.74) is 14.8. The highest BCUT2D eigenvalue weighted by Crippen LogP contribution is 2.26. The third-order valence-electron chi connectivity index (χ3n) is 2.23. The molecule has 0 spiro atoms. The Kier molecular flexibility index (Phi) is 1.66. The van der Waals surface area contributed by atoms with Crippen molar-refractivity contribution in [1.82, 2.24) is 0 Å². The van der Waals surface area contributed by atoms with Gasteiger partial charge in [0.25, 0.3) is 0 Å². The van der Waals surface area contributed by atoms with E-state index in [9.17, 15) is 0 Å². The van der Waals surface area contributed by atoms with E-state index >= 15 is 0 Å². The lowest BCUT2D eigenvalue weighted by Gasteiger charge is -2.24. The summed E-state index contributed by atoms with van der Waals surface area (Å²) < 4.78 is 0. The van der Waals surface area contributed by atoms with Crippen LogP contribution in [-0.2, 0) is 6.42 Å². The molecule has 0 aliphatic carbocycles. The second-order valence-electron chi connectivity index (χ2n) is 3.22. The van der Waals surface area contributed by atoms with E-state index in [-0.39, 0.29) is 6.04 Å². The first kappa shape index (κ1) is 7.43. The van der Waals surface area contributed by atoms with E-state index < -0.39 is 0 Å². The molecule has 3 heteroatoms. The summed E-state index contributed by atoms with van der Waals surface area (Å²) in [5, 5.41) is 3.25. The average Bonchev–Trinajstić information content (AvgIpc) is 2.07. The maximum atomic E-state index is 5.81. The van der Waals surface area contributed by atoms with Crippen molar-refractivity contribution < 1.29 is 0 Å². The summed E-state index contributed by atoms with van der Waals surface area (Å²) in [7, 11) is 0. The molecular formula is C9H13N3. The summed E-state index contributed by atoms with van der Waals surface area (Å²) >= 11 is 0. The van der Waals surface area contributed by atoms with Crippen LogP contribution < -0.4 is 16.8 Å².